The van der Waals surface area contributed by atoms with Crippen LogP contribution in [0.4, 0.5) is 0 Å². The average molecular weight is 461 g/mol. The first-order chi connectivity index (χ1) is 15.1. The molecule has 32 heavy (non-hydrogen) atoms. The molecule has 4 heteroatoms. The van der Waals surface area contributed by atoms with Crippen molar-refractivity contribution in [3.63, 3.8) is 0 Å². The summed E-state index contributed by atoms with van der Waals surface area (Å²) in [7, 11) is 0. The van der Waals surface area contributed by atoms with Crippen LogP contribution < -0.4 is 0 Å². The van der Waals surface area contributed by atoms with E-state index in [9.17, 15) is 15.3 Å². The van der Waals surface area contributed by atoms with Crippen LogP contribution in [0.1, 0.15) is 86.0 Å². The molecule has 0 saturated heterocycles. The first-order valence-corrected chi connectivity index (χ1v) is 14.0. The van der Waals surface area contributed by atoms with Gasteiger partial charge >= 0.3 is 0 Å². The highest BCUT2D eigenvalue weighted by atomic mass is 32.2. The second-order valence-electron chi connectivity index (χ2n) is 11.5. The normalized spacial score (nSPS) is 37.6. The Kier molecular flexibility index (Phi) is 6.84. The zero-order valence-electron chi connectivity index (χ0n) is 20.7. The van der Waals surface area contributed by atoms with E-state index in [4.69, 9.17) is 0 Å². The maximum Gasteiger partial charge on any atom is 0.166 e. The molecule has 4 rings (SSSR count). The fraction of sp³-hybridized carbons (Fsp3) is 0.786. The van der Waals surface area contributed by atoms with E-state index in [2.05, 4.69) is 52.8 Å². The van der Waals surface area contributed by atoms with Gasteiger partial charge in [-0.25, -0.2) is 0 Å². The molecule has 0 aromatic rings. The van der Waals surface area contributed by atoms with Gasteiger partial charge in [0.25, 0.3) is 0 Å². The summed E-state index contributed by atoms with van der Waals surface area (Å²) >= 11 is 1.94. The van der Waals surface area contributed by atoms with Crippen LogP contribution in [-0.4, -0.2) is 38.2 Å². The molecule has 2 saturated carbocycles. The summed E-state index contributed by atoms with van der Waals surface area (Å²) in [5.41, 5.74) is 4.72. The first-order valence-electron chi connectivity index (χ1n) is 12.9. The fourth-order valence-electron chi connectivity index (χ4n) is 7.53. The van der Waals surface area contributed by atoms with Gasteiger partial charge in [0.05, 0.1) is 6.10 Å². The average Bonchev–Trinajstić information content (AvgIpc) is 3.10. The van der Waals surface area contributed by atoms with Gasteiger partial charge in [0.15, 0.2) is 5.79 Å². The van der Waals surface area contributed by atoms with E-state index in [0.29, 0.717) is 35.8 Å². The molecule has 0 unspecified atom stereocenters. The Morgan fingerprint density at radius 2 is 1.75 bits per heavy atom. The van der Waals surface area contributed by atoms with Crippen molar-refractivity contribution in [2.75, 3.05) is 5.75 Å². The molecule has 180 valence electrons. The lowest BCUT2D eigenvalue weighted by molar-refractivity contribution is -0.183. The Labute approximate surface area is 199 Å². The number of rotatable bonds is 7. The Morgan fingerprint density at radius 1 is 1.03 bits per heavy atom. The summed E-state index contributed by atoms with van der Waals surface area (Å²) in [6.45, 7) is 11.6. The van der Waals surface area contributed by atoms with Crippen molar-refractivity contribution >= 4 is 11.8 Å². The molecule has 3 N–H and O–H groups in total. The zero-order valence-corrected chi connectivity index (χ0v) is 21.5. The molecule has 3 nitrogen and oxygen atoms in total. The molecular weight excluding hydrogens is 416 g/mol. The highest BCUT2D eigenvalue weighted by molar-refractivity contribution is 8.00. The van der Waals surface area contributed by atoms with Crippen molar-refractivity contribution in [1.82, 2.24) is 0 Å². The summed E-state index contributed by atoms with van der Waals surface area (Å²) in [5.74, 6) is 0.794. The quantitative estimate of drug-likeness (QED) is 0.322. The number of hydrogen-bond donors (Lipinski definition) is 3. The van der Waals surface area contributed by atoms with Crippen LogP contribution >= 0.6 is 11.8 Å². The van der Waals surface area contributed by atoms with Crippen LogP contribution in [0.15, 0.2) is 34.9 Å². The fourth-order valence-corrected chi connectivity index (χ4v) is 8.83. The predicted octanol–water partition coefficient (Wildman–Crippen LogP) is 6.01. The van der Waals surface area contributed by atoms with E-state index >= 15 is 0 Å². The number of aliphatic hydroxyl groups is 3. The minimum atomic E-state index is -1.53. The molecular formula is C28H44O3S. The Bertz CT molecular complexity index is 807. The minimum absolute atomic E-state index is 0.0723. The molecule has 0 radical (unpaired) electrons. The van der Waals surface area contributed by atoms with Gasteiger partial charge in [-0.3, -0.25) is 0 Å². The molecule has 4 aliphatic rings. The van der Waals surface area contributed by atoms with Crippen molar-refractivity contribution in [2.45, 2.75) is 103 Å². The third-order valence-electron chi connectivity index (χ3n) is 9.80. The number of fused-ring (bicyclic) bond motifs is 5. The summed E-state index contributed by atoms with van der Waals surface area (Å²) in [4.78, 5) is 0. The molecule has 0 aromatic carbocycles. The molecule has 2 fully saturated rings. The maximum absolute atomic E-state index is 10.6. The second-order valence-corrected chi connectivity index (χ2v) is 12.9. The smallest absolute Gasteiger partial charge is 0.166 e. The molecule has 4 aliphatic carbocycles. The van der Waals surface area contributed by atoms with Crippen LogP contribution in [0.3, 0.4) is 0 Å². The van der Waals surface area contributed by atoms with Gasteiger partial charge in [-0.05, 0) is 61.2 Å². The number of aliphatic hydroxyl groups excluding tert-OH is 1. The van der Waals surface area contributed by atoms with Gasteiger partial charge in [-0.2, -0.15) is 11.8 Å². The topological polar surface area (TPSA) is 60.7 Å². The van der Waals surface area contributed by atoms with Gasteiger partial charge in [-0.1, -0.05) is 75.5 Å². The van der Waals surface area contributed by atoms with Crippen molar-refractivity contribution in [2.24, 2.45) is 28.6 Å². The molecule has 0 amide bonds. The highest BCUT2D eigenvalue weighted by Crippen LogP contribution is 2.64. The van der Waals surface area contributed by atoms with Crippen LogP contribution in [0.2, 0.25) is 0 Å². The molecule has 0 bridgehead atoms. The number of hydrogen-bond acceptors (Lipinski definition) is 4. The monoisotopic (exact) mass is 460 g/mol. The van der Waals surface area contributed by atoms with Crippen LogP contribution in [0, 0.1) is 28.6 Å². The SMILES string of the molecule is CCC(CC)[C@H](O)CS[C@@H](C)C1=CC[C@H]2C3=CC=C4CC(O)(O)CC[C@]4(C)[C@H]3CC[C@]12C. The second kappa shape index (κ2) is 8.91. The Morgan fingerprint density at radius 3 is 2.44 bits per heavy atom. The maximum atomic E-state index is 10.6. The van der Waals surface area contributed by atoms with E-state index in [-0.39, 0.29) is 16.9 Å². The lowest BCUT2D eigenvalue weighted by atomic mass is 9.50. The first kappa shape index (κ1) is 24.6. The summed E-state index contributed by atoms with van der Waals surface area (Å²) in [5, 5.41) is 31.5. The Hall–Kier alpha value is -0.550. The van der Waals surface area contributed by atoms with E-state index < -0.39 is 5.79 Å². The van der Waals surface area contributed by atoms with Crippen LogP contribution in [-0.2, 0) is 0 Å². The highest BCUT2D eigenvalue weighted by Gasteiger charge is 2.55. The predicted molar refractivity (Wildman–Crippen MR) is 134 cm³/mol. The number of thioether (sulfide) groups is 1. The van der Waals surface area contributed by atoms with Crippen molar-refractivity contribution in [3.05, 3.63) is 34.9 Å². The lowest BCUT2D eigenvalue weighted by Crippen LogP contribution is -2.48. The van der Waals surface area contributed by atoms with Gasteiger partial charge in [0, 0.05) is 23.8 Å². The van der Waals surface area contributed by atoms with Gasteiger partial charge < -0.3 is 15.3 Å². The minimum Gasteiger partial charge on any atom is -0.392 e. The van der Waals surface area contributed by atoms with Crippen molar-refractivity contribution < 1.29 is 15.3 Å². The van der Waals surface area contributed by atoms with E-state index in [1.54, 1.807) is 11.1 Å². The lowest BCUT2D eigenvalue weighted by Gasteiger charge is -2.55. The van der Waals surface area contributed by atoms with Gasteiger partial charge in [0.1, 0.15) is 0 Å². The van der Waals surface area contributed by atoms with E-state index in [0.717, 1.165) is 31.4 Å². The zero-order chi connectivity index (χ0) is 23.3. The Balaban J connectivity index is 1.50. The summed E-state index contributed by atoms with van der Waals surface area (Å²) in [6, 6.07) is 0. The summed E-state index contributed by atoms with van der Waals surface area (Å²) < 4.78 is 0. The standard InChI is InChI=1S/C28H44O3S/c1-6-19(7-2)25(29)17-32-18(3)22-10-11-23-21-9-8-20-16-28(30,31)15-14-26(20,4)24(21)12-13-27(22,23)5/h8-10,18-19,23-25,29-31H,6-7,11-17H2,1-5H3/t18-,23-,24-,25+,26-,27+/m0/s1. The third kappa shape index (κ3) is 4.08. The van der Waals surface area contributed by atoms with E-state index in [1.165, 1.54) is 18.4 Å². The van der Waals surface area contributed by atoms with Crippen molar-refractivity contribution in [3.8, 4) is 0 Å². The largest absolute Gasteiger partial charge is 0.392 e. The molecule has 0 heterocycles. The van der Waals surface area contributed by atoms with Crippen molar-refractivity contribution in [1.29, 1.82) is 0 Å². The third-order valence-corrected chi connectivity index (χ3v) is 11.1. The van der Waals surface area contributed by atoms with Gasteiger partial charge in [-0.15, -0.1) is 0 Å². The molecule has 6 atom stereocenters. The summed E-state index contributed by atoms with van der Waals surface area (Å²) in [6.07, 6.45) is 14.2. The van der Waals surface area contributed by atoms with Crippen LogP contribution in [0.5, 0.6) is 0 Å². The van der Waals surface area contributed by atoms with Gasteiger partial charge in [0.2, 0.25) is 0 Å². The van der Waals surface area contributed by atoms with Crippen LogP contribution in [0.25, 0.3) is 0 Å². The molecule has 0 aromatic heterocycles. The molecule has 0 spiro atoms. The number of allylic oxidation sites excluding steroid dienone is 4. The van der Waals surface area contributed by atoms with E-state index in [1.807, 2.05) is 11.8 Å². The molecule has 0 aliphatic heterocycles.